The van der Waals surface area contributed by atoms with E-state index in [0.29, 0.717) is 0 Å². The highest BCUT2D eigenvalue weighted by Gasteiger charge is 2.07. The van der Waals surface area contributed by atoms with Gasteiger partial charge in [-0.05, 0) is 38.3 Å². The molecule has 4 nitrogen and oxygen atoms in total. The Labute approximate surface area is 106 Å². The van der Waals surface area contributed by atoms with Crippen LogP contribution in [-0.2, 0) is 11.3 Å². The Bertz CT molecular complexity index is 338. The summed E-state index contributed by atoms with van der Waals surface area (Å²) in [5.74, 6) is -0.0141. The first-order valence-electron chi connectivity index (χ1n) is 4.79. The van der Waals surface area contributed by atoms with Gasteiger partial charge in [0.15, 0.2) is 0 Å². The number of amides is 1. The largest absolute Gasteiger partial charge is 0.354 e. The highest BCUT2D eigenvalue weighted by Crippen LogP contribution is 2.15. The average molecular weight is 339 g/mol. The summed E-state index contributed by atoms with van der Waals surface area (Å²) >= 11 is 6.56. The number of aromatic nitrogens is 2. The van der Waals surface area contributed by atoms with Crippen LogP contribution in [0, 0.1) is 0 Å². The van der Waals surface area contributed by atoms with E-state index in [0.717, 1.165) is 28.6 Å². The van der Waals surface area contributed by atoms with Crippen LogP contribution in [-0.4, -0.2) is 22.2 Å². The summed E-state index contributed by atoms with van der Waals surface area (Å²) in [4.78, 5) is 11.4. The number of unbranched alkanes of at least 4 members (excludes halogenated alkanes) is 1. The molecule has 0 fully saturated rings. The van der Waals surface area contributed by atoms with E-state index in [1.54, 1.807) is 10.7 Å². The van der Waals surface area contributed by atoms with E-state index in [2.05, 4.69) is 49.2 Å². The van der Waals surface area contributed by atoms with Crippen molar-refractivity contribution < 1.29 is 4.79 Å². The lowest BCUT2D eigenvalue weighted by Gasteiger charge is -2.04. The van der Waals surface area contributed by atoms with Gasteiger partial charge in [0.1, 0.15) is 15.8 Å². The van der Waals surface area contributed by atoms with E-state index in [4.69, 9.17) is 0 Å². The molecule has 1 amide bonds. The zero-order valence-corrected chi connectivity index (χ0v) is 11.6. The van der Waals surface area contributed by atoms with Crippen LogP contribution in [0.2, 0.25) is 0 Å². The molecule has 1 rings (SSSR count). The van der Waals surface area contributed by atoms with Crippen molar-refractivity contribution in [1.29, 1.82) is 0 Å². The van der Waals surface area contributed by atoms with Crippen LogP contribution >= 0.6 is 31.9 Å². The molecule has 1 aromatic heterocycles. The minimum atomic E-state index is -0.0141. The quantitative estimate of drug-likeness (QED) is 0.837. The number of hydrogen-bond acceptors (Lipinski definition) is 2. The highest BCUT2D eigenvalue weighted by atomic mass is 79.9. The Balaban J connectivity index is 2.41. The minimum Gasteiger partial charge on any atom is -0.354 e. The lowest BCUT2D eigenvalue weighted by Crippen LogP contribution is -2.28. The molecule has 0 spiro atoms. The Morgan fingerprint density at radius 1 is 1.60 bits per heavy atom. The smallest absolute Gasteiger partial charge is 0.241 e. The second-order valence-electron chi connectivity index (χ2n) is 3.15. The molecule has 0 aromatic carbocycles. The first kappa shape index (κ1) is 12.7. The highest BCUT2D eigenvalue weighted by molar-refractivity contribution is 9.11. The van der Waals surface area contributed by atoms with Crippen LogP contribution < -0.4 is 5.32 Å². The molecule has 0 unspecified atom stereocenters. The SMILES string of the molecule is CCCCNC(=O)Cn1nc(Br)cc1Br. The van der Waals surface area contributed by atoms with E-state index in [9.17, 15) is 4.79 Å². The third kappa shape index (κ3) is 4.34. The van der Waals surface area contributed by atoms with E-state index < -0.39 is 0 Å². The van der Waals surface area contributed by atoms with Crippen molar-refractivity contribution >= 4 is 37.8 Å². The topological polar surface area (TPSA) is 46.9 Å². The van der Waals surface area contributed by atoms with Crippen molar-refractivity contribution in [2.45, 2.75) is 26.3 Å². The Kier molecular flexibility index (Phi) is 5.31. The van der Waals surface area contributed by atoms with Crippen LogP contribution in [0.25, 0.3) is 0 Å². The predicted octanol–water partition coefficient (Wildman–Crippen LogP) is 2.32. The van der Waals surface area contributed by atoms with Crippen molar-refractivity contribution in [3.63, 3.8) is 0 Å². The van der Waals surface area contributed by atoms with Gasteiger partial charge in [0, 0.05) is 12.6 Å². The summed E-state index contributed by atoms with van der Waals surface area (Å²) in [5, 5.41) is 6.94. The van der Waals surface area contributed by atoms with Crippen molar-refractivity contribution in [1.82, 2.24) is 15.1 Å². The van der Waals surface area contributed by atoms with Gasteiger partial charge in [0.25, 0.3) is 0 Å². The zero-order chi connectivity index (χ0) is 11.3. The maximum atomic E-state index is 11.4. The molecule has 0 aliphatic heterocycles. The molecule has 0 saturated heterocycles. The van der Waals surface area contributed by atoms with Crippen molar-refractivity contribution in [2.24, 2.45) is 0 Å². The number of hydrogen-bond donors (Lipinski definition) is 1. The van der Waals surface area contributed by atoms with Gasteiger partial charge in [-0.15, -0.1) is 0 Å². The normalized spacial score (nSPS) is 10.3. The van der Waals surface area contributed by atoms with Crippen LogP contribution in [0.3, 0.4) is 0 Å². The van der Waals surface area contributed by atoms with Gasteiger partial charge >= 0.3 is 0 Å². The first-order chi connectivity index (χ1) is 7.13. The van der Waals surface area contributed by atoms with Crippen LogP contribution in [0.4, 0.5) is 0 Å². The molecule has 0 saturated carbocycles. The zero-order valence-electron chi connectivity index (χ0n) is 8.46. The molecule has 0 aliphatic carbocycles. The van der Waals surface area contributed by atoms with Crippen molar-refractivity contribution in [3.05, 3.63) is 15.3 Å². The first-order valence-corrected chi connectivity index (χ1v) is 6.37. The summed E-state index contributed by atoms with van der Waals surface area (Å²) in [7, 11) is 0. The molecule has 6 heteroatoms. The van der Waals surface area contributed by atoms with Crippen LogP contribution in [0.15, 0.2) is 15.3 Å². The van der Waals surface area contributed by atoms with Gasteiger partial charge in [-0.1, -0.05) is 13.3 Å². The number of nitrogens with one attached hydrogen (secondary N) is 1. The Hall–Kier alpha value is -0.360. The van der Waals surface area contributed by atoms with Crippen molar-refractivity contribution in [3.8, 4) is 0 Å². The minimum absolute atomic E-state index is 0.0141. The third-order valence-corrected chi connectivity index (χ3v) is 2.87. The monoisotopic (exact) mass is 337 g/mol. The molecule has 0 bridgehead atoms. The van der Waals surface area contributed by atoms with E-state index >= 15 is 0 Å². The van der Waals surface area contributed by atoms with Gasteiger partial charge in [0.05, 0.1) is 0 Å². The molecule has 1 N–H and O–H groups in total. The maximum Gasteiger partial charge on any atom is 0.241 e. The summed E-state index contributed by atoms with van der Waals surface area (Å²) in [5.41, 5.74) is 0. The van der Waals surface area contributed by atoms with E-state index in [1.165, 1.54) is 0 Å². The fraction of sp³-hybridized carbons (Fsp3) is 0.556. The number of halogens is 2. The predicted molar refractivity (Wildman–Crippen MR) is 65.5 cm³/mol. The lowest BCUT2D eigenvalue weighted by molar-refractivity contribution is -0.121. The van der Waals surface area contributed by atoms with Crippen LogP contribution in [0.5, 0.6) is 0 Å². The molecular formula is C9H13Br2N3O. The summed E-state index contributed by atoms with van der Waals surface area (Å²) in [6.07, 6.45) is 2.09. The van der Waals surface area contributed by atoms with E-state index in [1.807, 2.05) is 0 Å². The number of nitrogens with zero attached hydrogens (tertiary/aromatic N) is 2. The number of carbonyl (C=O) groups is 1. The molecule has 84 valence electrons. The van der Waals surface area contributed by atoms with Gasteiger partial charge < -0.3 is 5.32 Å². The molecule has 0 radical (unpaired) electrons. The molecule has 15 heavy (non-hydrogen) atoms. The third-order valence-electron chi connectivity index (χ3n) is 1.85. The maximum absolute atomic E-state index is 11.4. The molecular weight excluding hydrogens is 326 g/mol. The Morgan fingerprint density at radius 3 is 2.87 bits per heavy atom. The standard InChI is InChI=1S/C9H13Br2N3O/c1-2-3-4-12-9(15)6-14-8(11)5-7(10)13-14/h5H,2-4,6H2,1H3,(H,12,15). The summed E-state index contributed by atoms with van der Waals surface area (Å²) in [6.45, 7) is 3.07. The van der Waals surface area contributed by atoms with Gasteiger partial charge in [0.2, 0.25) is 5.91 Å². The van der Waals surface area contributed by atoms with Gasteiger partial charge in [-0.25, -0.2) is 4.68 Å². The molecule has 0 atom stereocenters. The fourth-order valence-corrected chi connectivity index (χ4v) is 2.21. The second-order valence-corrected chi connectivity index (χ2v) is 4.78. The average Bonchev–Trinajstić information content (AvgIpc) is 2.45. The summed E-state index contributed by atoms with van der Waals surface area (Å²) in [6, 6.07) is 1.80. The van der Waals surface area contributed by atoms with Crippen LogP contribution in [0.1, 0.15) is 19.8 Å². The number of carbonyl (C=O) groups excluding carboxylic acids is 1. The molecule has 1 heterocycles. The lowest BCUT2D eigenvalue weighted by atomic mass is 10.3. The van der Waals surface area contributed by atoms with Gasteiger partial charge in [-0.3, -0.25) is 4.79 Å². The van der Waals surface area contributed by atoms with Gasteiger partial charge in [-0.2, -0.15) is 5.10 Å². The molecule has 0 aliphatic rings. The fourth-order valence-electron chi connectivity index (χ4n) is 1.07. The molecule has 1 aromatic rings. The van der Waals surface area contributed by atoms with Crippen molar-refractivity contribution in [2.75, 3.05) is 6.54 Å². The summed E-state index contributed by atoms with van der Waals surface area (Å²) < 4.78 is 3.11. The number of rotatable bonds is 5. The van der Waals surface area contributed by atoms with E-state index in [-0.39, 0.29) is 12.5 Å². The Morgan fingerprint density at radius 2 is 2.33 bits per heavy atom. The second kappa shape index (κ2) is 6.27.